The molecule has 3 nitrogen and oxygen atoms in total. The molecule has 3 heteroatoms. The van der Waals surface area contributed by atoms with E-state index in [0.29, 0.717) is 0 Å². The standard InChI is InChI=1S/C15H22N2O/c1-6-17-9-14(16(5)15(17)18)13-8-7-10(2)11(3)12(13)4/h7-8,14H,6,9H2,1-5H3. The van der Waals surface area contributed by atoms with Crippen molar-refractivity contribution in [2.24, 2.45) is 0 Å². The Kier molecular flexibility index (Phi) is 3.33. The van der Waals surface area contributed by atoms with Gasteiger partial charge in [-0.1, -0.05) is 12.1 Å². The predicted octanol–water partition coefficient (Wildman–Crippen LogP) is 3.04. The van der Waals surface area contributed by atoms with Crippen LogP contribution in [-0.2, 0) is 0 Å². The first-order valence-corrected chi connectivity index (χ1v) is 6.55. The fourth-order valence-electron chi connectivity index (χ4n) is 2.68. The minimum absolute atomic E-state index is 0.139. The normalized spacial score (nSPS) is 19.8. The summed E-state index contributed by atoms with van der Waals surface area (Å²) >= 11 is 0. The van der Waals surface area contributed by atoms with Gasteiger partial charge in [0.1, 0.15) is 0 Å². The Hall–Kier alpha value is -1.51. The van der Waals surface area contributed by atoms with E-state index in [-0.39, 0.29) is 12.1 Å². The van der Waals surface area contributed by atoms with E-state index in [0.717, 1.165) is 13.1 Å². The van der Waals surface area contributed by atoms with E-state index >= 15 is 0 Å². The molecule has 0 aromatic heterocycles. The number of nitrogens with zero attached hydrogens (tertiary/aromatic N) is 2. The zero-order valence-corrected chi connectivity index (χ0v) is 11.9. The molecule has 2 rings (SSSR count). The monoisotopic (exact) mass is 246 g/mol. The van der Waals surface area contributed by atoms with Crippen molar-refractivity contribution in [1.82, 2.24) is 9.80 Å². The average Bonchev–Trinajstić information content (AvgIpc) is 2.64. The Morgan fingerprint density at radius 2 is 1.89 bits per heavy atom. The van der Waals surface area contributed by atoms with Crippen LogP contribution in [0.1, 0.15) is 35.2 Å². The second kappa shape index (κ2) is 4.63. The van der Waals surface area contributed by atoms with Crippen molar-refractivity contribution >= 4 is 6.03 Å². The van der Waals surface area contributed by atoms with Gasteiger partial charge in [-0.05, 0) is 49.9 Å². The number of hydrogen-bond donors (Lipinski definition) is 0. The molecule has 0 N–H and O–H groups in total. The number of rotatable bonds is 2. The largest absolute Gasteiger partial charge is 0.323 e. The summed E-state index contributed by atoms with van der Waals surface area (Å²) in [6.07, 6.45) is 0. The van der Waals surface area contributed by atoms with Gasteiger partial charge >= 0.3 is 6.03 Å². The summed E-state index contributed by atoms with van der Waals surface area (Å²) in [6, 6.07) is 4.66. The van der Waals surface area contributed by atoms with Crippen molar-refractivity contribution in [2.45, 2.75) is 33.7 Å². The molecule has 0 bridgehead atoms. The zero-order chi connectivity index (χ0) is 13.4. The molecule has 1 saturated heterocycles. The molecule has 1 fully saturated rings. The summed E-state index contributed by atoms with van der Waals surface area (Å²) < 4.78 is 0. The van der Waals surface area contributed by atoms with Crippen molar-refractivity contribution < 1.29 is 4.79 Å². The highest BCUT2D eigenvalue weighted by molar-refractivity contribution is 5.77. The van der Waals surface area contributed by atoms with Gasteiger partial charge in [-0.15, -0.1) is 0 Å². The lowest BCUT2D eigenvalue weighted by molar-refractivity contribution is 0.197. The van der Waals surface area contributed by atoms with E-state index in [9.17, 15) is 4.79 Å². The van der Waals surface area contributed by atoms with Crippen LogP contribution in [-0.4, -0.2) is 36.0 Å². The maximum absolute atomic E-state index is 12.0. The second-order valence-electron chi connectivity index (χ2n) is 5.17. The Morgan fingerprint density at radius 3 is 2.44 bits per heavy atom. The van der Waals surface area contributed by atoms with E-state index in [1.165, 1.54) is 22.3 Å². The summed E-state index contributed by atoms with van der Waals surface area (Å²) in [5.41, 5.74) is 5.25. The molecule has 1 heterocycles. The number of hydrogen-bond acceptors (Lipinski definition) is 1. The van der Waals surface area contributed by atoms with E-state index in [4.69, 9.17) is 0 Å². The highest BCUT2D eigenvalue weighted by Crippen LogP contribution is 2.31. The topological polar surface area (TPSA) is 23.6 Å². The fraction of sp³-hybridized carbons (Fsp3) is 0.533. The molecule has 0 spiro atoms. The van der Waals surface area contributed by atoms with Gasteiger partial charge in [0.15, 0.2) is 0 Å². The van der Waals surface area contributed by atoms with Crippen molar-refractivity contribution in [1.29, 1.82) is 0 Å². The van der Waals surface area contributed by atoms with Gasteiger partial charge in [0, 0.05) is 20.1 Å². The van der Waals surface area contributed by atoms with Gasteiger partial charge in [0.05, 0.1) is 6.04 Å². The zero-order valence-electron chi connectivity index (χ0n) is 11.9. The maximum Gasteiger partial charge on any atom is 0.320 e. The van der Waals surface area contributed by atoms with Crippen molar-refractivity contribution in [3.63, 3.8) is 0 Å². The van der Waals surface area contributed by atoms with Crippen LogP contribution < -0.4 is 0 Å². The fourth-order valence-corrected chi connectivity index (χ4v) is 2.68. The van der Waals surface area contributed by atoms with Crippen molar-refractivity contribution in [3.05, 3.63) is 34.4 Å². The van der Waals surface area contributed by atoms with Crippen molar-refractivity contribution in [2.75, 3.05) is 20.1 Å². The molecule has 1 atom stereocenters. The molecular weight excluding hydrogens is 224 g/mol. The van der Waals surface area contributed by atoms with Gasteiger partial charge in [0.2, 0.25) is 0 Å². The van der Waals surface area contributed by atoms with Crippen LogP contribution in [0, 0.1) is 20.8 Å². The lowest BCUT2D eigenvalue weighted by atomic mass is 9.94. The third-order valence-corrected chi connectivity index (χ3v) is 4.27. The van der Waals surface area contributed by atoms with Crippen LogP contribution >= 0.6 is 0 Å². The highest BCUT2D eigenvalue weighted by atomic mass is 16.2. The number of benzene rings is 1. The Balaban J connectivity index is 2.39. The first-order chi connectivity index (χ1) is 8.47. The molecule has 1 aromatic rings. The molecule has 0 radical (unpaired) electrons. The summed E-state index contributed by atoms with van der Waals surface area (Å²) in [4.78, 5) is 15.8. The molecule has 98 valence electrons. The Labute approximate surface area is 109 Å². The molecule has 0 aliphatic carbocycles. The van der Waals surface area contributed by atoms with E-state index < -0.39 is 0 Å². The van der Waals surface area contributed by atoms with Crippen LogP contribution in [0.2, 0.25) is 0 Å². The quantitative estimate of drug-likeness (QED) is 0.786. The van der Waals surface area contributed by atoms with Gasteiger partial charge in [-0.3, -0.25) is 0 Å². The number of carbonyl (C=O) groups is 1. The SMILES string of the molecule is CCN1CC(c2ccc(C)c(C)c2C)N(C)C1=O. The van der Waals surface area contributed by atoms with Gasteiger partial charge in [-0.2, -0.15) is 0 Å². The van der Waals surface area contributed by atoms with Gasteiger partial charge in [0.25, 0.3) is 0 Å². The molecule has 0 saturated carbocycles. The van der Waals surface area contributed by atoms with Crippen molar-refractivity contribution in [3.8, 4) is 0 Å². The minimum atomic E-state index is 0.139. The molecule has 1 aliphatic rings. The molecule has 18 heavy (non-hydrogen) atoms. The van der Waals surface area contributed by atoms with E-state index in [1.54, 1.807) is 0 Å². The lowest BCUT2D eigenvalue weighted by Crippen LogP contribution is -2.29. The Bertz CT molecular complexity index is 482. The molecule has 2 amide bonds. The smallest absolute Gasteiger partial charge is 0.320 e. The van der Waals surface area contributed by atoms with Crippen LogP contribution in [0.25, 0.3) is 0 Å². The number of aryl methyl sites for hydroxylation is 1. The number of likely N-dealkylation sites (N-methyl/N-ethyl adjacent to an activating group) is 2. The van der Waals surface area contributed by atoms with E-state index in [1.807, 2.05) is 23.8 Å². The number of carbonyl (C=O) groups excluding carboxylic acids is 1. The first-order valence-electron chi connectivity index (χ1n) is 6.55. The molecule has 1 unspecified atom stereocenters. The molecule has 1 aliphatic heterocycles. The summed E-state index contributed by atoms with van der Waals surface area (Å²) in [5.74, 6) is 0. The van der Waals surface area contributed by atoms with Gasteiger partial charge in [-0.25, -0.2) is 4.79 Å². The number of amides is 2. The second-order valence-corrected chi connectivity index (χ2v) is 5.17. The maximum atomic E-state index is 12.0. The molecular formula is C15H22N2O. The summed E-state index contributed by atoms with van der Waals surface area (Å²) in [6.45, 7) is 10.1. The predicted molar refractivity (Wildman–Crippen MR) is 73.8 cm³/mol. The third kappa shape index (κ3) is 1.88. The third-order valence-electron chi connectivity index (χ3n) is 4.27. The summed E-state index contributed by atoms with van der Waals surface area (Å²) in [5, 5.41) is 0. The Morgan fingerprint density at radius 1 is 1.22 bits per heavy atom. The summed E-state index contributed by atoms with van der Waals surface area (Å²) in [7, 11) is 1.90. The minimum Gasteiger partial charge on any atom is -0.323 e. The van der Waals surface area contributed by atoms with Crippen LogP contribution in [0.4, 0.5) is 4.79 Å². The van der Waals surface area contributed by atoms with Crippen LogP contribution in [0.15, 0.2) is 12.1 Å². The highest BCUT2D eigenvalue weighted by Gasteiger charge is 2.35. The van der Waals surface area contributed by atoms with Crippen LogP contribution in [0.3, 0.4) is 0 Å². The number of urea groups is 1. The average molecular weight is 246 g/mol. The van der Waals surface area contributed by atoms with Crippen LogP contribution in [0.5, 0.6) is 0 Å². The van der Waals surface area contributed by atoms with E-state index in [2.05, 4.69) is 32.9 Å². The van der Waals surface area contributed by atoms with Gasteiger partial charge < -0.3 is 9.80 Å². The first kappa shape index (κ1) is 12.9. The lowest BCUT2D eigenvalue weighted by Gasteiger charge is -2.21. The molecule has 1 aromatic carbocycles.